The van der Waals surface area contributed by atoms with Gasteiger partial charge in [0.05, 0.1) is 12.7 Å². The molecule has 1 heterocycles. The molecule has 0 amide bonds. The Bertz CT molecular complexity index is 256. The van der Waals surface area contributed by atoms with Crippen molar-refractivity contribution in [3.05, 3.63) is 24.3 Å². The van der Waals surface area contributed by atoms with Crippen LogP contribution in [-0.4, -0.2) is 43.4 Å². The summed E-state index contributed by atoms with van der Waals surface area (Å²) in [5, 5.41) is 3.25. The predicted octanol–water partition coefficient (Wildman–Crippen LogP) is 0.228. The summed E-state index contributed by atoms with van der Waals surface area (Å²) in [6, 6.07) is 0. The Kier molecular flexibility index (Phi) is 5.84. The number of nitrogens with one attached hydrogen (secondary N) is 1. The van der Waals surface area contributed by atoms with Gasteiger partial charge in [-0.3, -0.25) is 0 Å². The predicted molar refractivity (Wildman–Crippen MR) is 56.4 cm³/mol. The zero-order valence-corrected chi connectivity index (χ0v) is 9.14. The molecule has 0 aliphatic rings. The molecule has 1 aromatic rings. The van der Waals surface area contributed by atoms with Gasteiger partial charge in [-0.25, -0.2) is 9.97 Å². The van der Waals surface area contributed by atoms with Crippen molar-refractivity contribution < 1.29 is 9.47 Å². The summed E-state index contributed by atoms with van der Waals surface area (Å²) in [5.41, 5.74) is 1.06. The van der Waals surface area contributed by atoms with E-state index in [1.807, 2.05) is 0 Å². The van der Waals surface area contributed by atoms with E-state index in [4.69, 9.17) is 9.47 Å². The van der Waals surface area contributed by atoms with Crippen LogP contribution in [0.15, 0.2) is 18.7 Å². The minimum Gasteiger partial charge on any atom is -0.382 e. The zero-order chi connectivity index (χ0) is 10.9. The molecule has 84 valence electrons. The van der Waals surface area contributed by atoms with Crippen LogP contribution in [0.5, 0.6) is 0 Å². The highest BCUT2D eigenvalue weighted by atomic mass is 16.5. The van der Waals surface area contributed by atoms with E-state index in [-0.39, 0.29) is 6.10 Å². The second-order valence-electron chi connectivity index (χ2n) is 3.19. The molecule has 0 aromatic carbocycles. The largest absolute Gasteiger partial charge is 0.382 e. The lowest BCUT2D eigenvalue weighted by Gasteiger charge is -2.14. The van der Waals surface area contributed by atoms with Gasteiger partial charge in [-0.05, 0) is 0 Å². The first kappa shape index (κ1) is 12.0. The minimum atomic E-state index is 0.0830. The van der Waals surface area contributed by atoms with Gasteiger partial charge >= 0.3 is 0 Å². The fourth-order valence-electron chi connectivity index (χ4n) is 1.19. The van der Waals surface area contributed by atoms with Crippen LogP contribution < -0.4 is 5.32 Å². The number of hydrogen-bond donors (Lipinski definition) is 1. The summed E-state index contributed by atoms with van der Waals surface area (Å²) in [7, 11) is 3.34. The monoisotopic (exact) mass is 211 g/mol. The van der Waals surface area contributed by atoms with Gasteiger partial charge in [0, 0.05) is 45.3 Å². The maximum Gasteiger partial charge on any atom is 0.115 e. The van der Waals surface area contributed by atoms with Crippen LogP contribution in [0.1, 0.15) is 5.56 Å². The molecule has 0 saturated heterocycles. The highest BCUT2D eigenvalue weighted by molar-refractivity contribution is 5.01. The number of rotatable bonds is 7. The highest BCUT2D eigenvalue weighted by Gasteiger charge is 2.05. The normalized spacial score (nSPS) is 12.7. The molecule has 1 rings (SSSR count). The fraction of sp³-hybridized carbons (Fsp3) is 0.600. The first-order valence-electron chi connectivity index (χ1n) is 4.83. The summed E-state index contributed by atoms with van der Waals surface area (Å²) in [4.78, 5) is 7.86. The minimum absolute atomic E-state index is 0.0830. The van der Waals surface area contributed by atoms with Crippen LogP contribution in [0.3, 0.4) is 0 Å². The zero-order valence-electron chi connectivity index (χ0n) is 9.14. The first-order chi connectivity index (χ1) is 7.36. The summed E-state index contributed by atoms with van der Waals surface area (Å²) in [6.45, 7) is 2.08. The molecule has 0 saturated carbocycles. The molecule has 15 heavy (non-hydrogen) atoms. The van der Waals surface area contributed by atoms with Crippen molar-refractivity contribution in [2.45, 2.75) is 12.6 Å². The van der Waals surface area contributed by atoms with Gasteiger partial charge in [0.15, 0.2) is 0 Å². The van der Waals surface area contributed by atoms with Crippen LogP contribution in [0.25, 0.3) is 0 Å². The smallest absolute Gasteiger partial charge is 0.115 e. The van der Waals surface area contributed by atoms with E-state index in [0.29, 0.717) is 6.61 Å². The second-order valence-corrected chi connectivity index (χ2v) is 3.19. The summed E-state index contributed by atoms with van der Waals surface area (Å²) in [5.74, 6) is 0. The molecule has 5 heteroatoms. The molecule has 0 fully saturated rings. The van der Waals surface area contributed by atoms with E-state index < -0.39 is 0 Å². The molecule has 0 spiro atoms. The van der Waals surface area contributed by atoms with Crippen LogP contribution in [0.2, 0.25) is 0 Å². The maximum atomic E-state index is 5.21. The van der Waals surface area contributed by atoms with E-state index in [9.17, 15) is 0 Å². The van der Waals surface area contributed by atoms with E-state index in [1.165, 1.54) is 6.33 Å². The Balaban J connectivity index is 2.20. The van der Waals surface area contributed by atoms with Crippen molar-refractivity contribution in [1.82, 2.24) is 15.3 Å². The Hall–Kier alpha value is -1.04. The lowest BCUT2D eigenvalue weighted by molar-refractivity contribution is 0.0288. The standard InChI is InChI=1S/C10H17N3O2/c1-14-7-10(15-2)6-11-3-9-4-12-8-13-5-9/h4-5,8,10-11H,3,6-7H2,1-2H3. The molecule has 0 aliphatic heterocycles. The van der Waals surface area contributed by atoms with Crippen molar-refractivity contribution in [3.63, 3.8) is 0 Å². The second kappa shape index (κ2) is 7.28. The van der Waals surface area contributed by atoms with Crippen LogP contribution >= 0.6 is 0 Å². The third kappa shape index (κ3) is 4.83. The van der Waals surface area contributed by atoms with Gasteiger partial charge in [-0.15, -0.1) is 0 Å². The number of ether oxygens (including phenoxy) is 2. The summed E-state index contributed by atoms with van der Waals surface area (Å²) < 4.78 is 10.2. The van der Waals surface area contributed by atoms with Gasteiger partial charge < -0.3 is 14.8 Å². The van der Waals surface area contributed by atoms with Crippen molar-refractivity contribution in [2.24, 2.45) is 0 Å². The third-order valence-electron chi connectivity index (χ3n) is 2.00. The van der Waals surface area contributed by atoms with Gasteiger partial charge in [0.1, 0.15) is 6.33 Å². The average molecular weight is 211 g/mol. The van der Waals surface area contributed by atoms with Gasteiger partial charge in [-0.2, -0.15) is 0 Å². The highest BCUT2D eigenvalue weighted by Crippen LogP contribution is 1.93. The number of methoxy groups -OCH3 is 2. The van der Waals surface area contributed by atoms with Gasteiger partial charge in [-0.1, -0.05) is 0 Å². The third-order valence-corrected chi connectivity index (χ3v) is 2.00. The molecule has 0 radical (unpaired) electrons. The molecular formula is C10H17N3O2. The molecule has 1 atom stereocenters. The van der Waals surface area contributed by atoms with Gasteiger partial charge in [0.25, 0.3) is 0 Å². The van der Waals surface area contributed by atoms with E-state index in [2.05, 4.69) is 15.3 Å². The van der Waals surface area contributed by atoms with Crippen LogP contribution in [0, 0.1) is 0 Å². The topological polar surface area (TPSA) is 56.3 Å². The SMILES string of the molecule is COCC(CNCc1cncnc1)OC. The lowest BCUT2D eigenvalue weighted by atomic mass is 10.3. The molecule has 5 nitrogen and oxygen atoms in total. The van der Waals surface area contributed by atoms with Crippen LogP contribution in [-0.2, 0) is 16.0 Å². The van der Waals surface area contributed by atoms with E-state index in [0.717, 1.165) is 18.7 Å². The maximum absolute atomic E-state index is 5.21. The molecule has 1 aromatic heterocycles. The first-order valence-corrected chi connectivity index (χ1v) is 4.83. The number of aromatic nitrogens is 2. The van der Waals surface area contributed by atoms with Crippen LogP contribution in [0.4, 0.5) is 0 Å². The lowest BCUT2D eigenvalue weighted by Crippen LogP contribution is -2.31. The Morgan fingerprint density at radius 2 is 2.07 bits per heavy atom. The summed E-state index contributed by atoms with van der Waals surface area (Å²) in [6.07, 6.45) is 5.18. The van der Waals surface area contributed by atoms with Crippen molar-refractivity contribution >= 4 is 0 Å². The Morgan fingerprint density at radius 1 is 1.33 bits per heavy atom. The molecule has 1 unspecified atom stereocenters. The Morgan fingerprint density at radius 3 is 2.67 bits per heavy atom. The fourth-order valence-corrected chi connectivity index (χ4v) is 1.19. The quantitative estimate of drug-likeness (QED) is 0.699. The molecule has 0 bridgehead atoms. The molecular weight excluding hydrogens is 194 g/mol. The van der Waals surface area contributed by atoms with Crippen molar-refractivity contribution in [2.75, 3.05) is 27.4 Å². The summed E-state index contributed by atoms with van der Waals surface area (Å²) >= 11 is 0. The van der Waals surface area contributed by atoms with E-state index >= 15 is 0 Å². The van der Waals surface area contributed by atoms with Gasteiger partial charge in [0.2, 0.25) is 0 Å². The number of nitrogens with zero attached hydrogens (tertiary/aromatic N) is 2. The Labute approximate surface area is 89.8 Å². The number of hydrogen-bond acceptors (Lipinski definition) is 5. The van der Waals surface area contributed by atoms with E-state index in [1.54, 1.807) is 26.6 Å². The van der Waals surface area contributed by atoms with Crippen molar-refractivity contribution in [3.8, 4) is 0 Å². The molecule has 1 N–H and O–H groups in total. The van der Waals surface area contributed by atoms with Crippen molar-refractivity contribution in [1.29, 1.82) is 0 Å². The average Bonchev–Trinajstić information content (AvgIpc) is 2.29. The molecule has 0 aliphatic carbocycles.